The highest BCUT2D eigenvalue weighted by atomic mass is 35.5. The SMILES string of the molecule is Fc1ccc(CNC(=S)Nc2ccn(Cc3ccccc3Cl)n2)cc1. The Bertz CT molecular complexity index is 864. The number of nitrogens with one attached hydrogen (secondary N) is 2. The molecule has 2 N–H and O–H groups in total. The molecule has 0 bridgehead atoms. The molecule has 0 amide bonds. The van der Waals surface area contributed by atoms with Gasteiger partial charge in [-0.25, -0.2) is 4.39 Å². The number of halogens is 2. The molecule has 0 saturated carbocycles. The van der Waals surface area contributed by atoms with Crippen LogP contribution in [0.25, 0.3) is 0 Å². The lowest BCUT2D eigenvalue weighted by Crippen LogP contribution is -2.28. The predicted molar refractivity (Wildman–Crippen MR) is 102 cm³/mol. The minimum Gasteiger partial charge on any atom is -0.358 e. The zero-order valence-electron chi connectivity index (χ0n) is 13.2. The molecule has 0 aliphatic heterocycles. The second kappa shape index (κ2) is 8.09. The third kappa shape index (κ3) is 5.01. The average molecular weight is 375 g/mol. The highest BCUT2D eigenvalue weighted by Gasteiger charge is 2.04. The van der Waals surface area contributed by atoms with Crippen molar-refractivity contribution in [2.45, 2.75) is 13.1 Å². The molecule has 0 spiro atoms. The molecule has 0 aliphatic rings. The Morgan fingerprint density at radius 1 is 1.12 bits per heavy atom. The summed E-state index contributed by atoms with van der Waals surface area (Å²) in [4.78, 5) is 0. The van der Waals surface area contributed by atoms with Gasteiger partial charge in [0.1, 0.15) is 5.82 Å². The standard InChI is InChI=1S/C18H16ClFN4S/c19-16-4-2-1-3-14(16)12-24-10-9-17(23-24)22-18(25)21-11-13-5-7-15(20)8-6-13/h1-10H,11-12H2,(H2,21,22,23,25). The van der Waals surface area contributed by atoms with Gasteiger partial charge in [-0.1, -0.05) is 41.9 Å². The Hall–Kier alpha value is -2.44. The summed E-state index contributed by atoms with van der Waals surface area (Å²) in [5, 5.41) is 11.7. The van der Waals surface area contributed by atoms with Crippen molar-refractivity contribution in [1.82, 2.24) is 15.1 Å². The molecule has 128 valence electrons. The number of aromatic nitrogens is 2. The minimum absolute atomic E-state index is 0.256. The number of rotatable bonds is 5. The van der Waals surface area contributed by atoms with Gasteiger partial charge in [0.25, 0.3) is 0 Å². The molecule has 0 atom stereocenters. The lowest BCUT2D eigenvalue weighted by molar-refractivity contribution is 0.627. The van der Waals surface area contributed by atoms with E-state index >= 15 is 0 Å². The monoisotopic (exact) mass is 374 g/mol. The lowest BCUT2D eigenvalue weighted by Gasteiger charge is -2.09. The minimum atomic E-state index is -0.256. The van der Waals surface area contributed by atoms with E-state index in [1.807, 2.05) is 36.5 Å². The van der Waals surface area contributed by atoms with E-state index in [1.165, 1.54) is 12.1 Å². The fourth-order valence-corrected chi connectivity index (χ4v) is 2.63. The van der Waals surface area contributed by atoms with E-state index in [9.17, 15) is 4.39 Å². The maximum Gasteiger partial charge on any atom is 0.172 e. The first-order valence-electron chi connectivity index (χ1n) is 7.66. The fourth-order valence-electron chi connectivity index (χ4n) is 2.26. The van der Waals surface area contributed by atoms with Crippen LogP contribution in [0.4, 0.5) is 10.2 Å². The number of benzene rings is 2. The molecule has 0 unspecified atom stereocenters. The van der Waals surface area contributed by atoms with Gasteiger partial charge in [0.15, 0.2) is 10.9 Å². The summed E-state index contributed by atoms with van der Waals surface area (Å²) in [6, 6.07) is 15.8. The quantitative estimate of drug-likeness (QED) is 0.656. The van der Waals surface area contributed by atoms with Gasteiger partial charge >= 0.3 is 0 Å². The van der Waals surface area contributed by atoms with Crippen LogP contribution in [0.15, 0.2) is 60.8 Å². The Balaban J connectivity index is 1.53. The summed E-state index contributed by atoms with van der Waals surface area (Å²) in [5.74, 6) is 0.386. The van der Waals surface area contributed by atoms with E-state index in [0.29, 0.717) is 29.0 Å². The molecule has 7 heteroatoms. The van der Waals surface area contributed by atoms with Crippen molar-refractivity contribution in [2.75, 3.05) is 5.32 Å². The Morgan fingerprint density at radius 2 is 1.88 bits per heavy atom. The van der Waals surface area contributed by atoms with Crippen LogP contribution in [-0.2, 0) is 13.1 Å². The van der Waals surface area contributed by atoms with Crippen molar-refractivity contribution in [2.24, 2.45) is 0 Å². The summed E-state index contributed by atoms with van der Waals surface area (Å²) in [6.07, 6.45) is 1.86. The van der Waals surface area contributed by atoms with E-state index in [1.54, 1.807) is 16.8 Å². The van der Waals surface area contributed by atoms with Crippen molar-refractivity contribution in [3.05, 3.63) is 82.8 Å². The molecular formula is C18H16ClFN4S. The molecule has 0 radical (unpaired) electrons. The maximum atomic E-state index is 12.9. The van der Waals surface area contributed by atoms with Gasteiger partial charge in [-0.15, -0.1) is 0 Å². The molecule has 25 heavy (non-hydrogen) atoms. The van der Waals surface area contributed by atoms with Gasteiger partial charge in [0.2, 0.25) is 0 Å². The average Bonchev–Trinajstić information content (AvgIpc) is 3.03. The van der Waals surface area contributed by atoms with Gasteiger partial charge in [-0.2, -0.15) is 5.10 Å². The highest BCUT2D eigenvalue weighted by Crippen LogP contribution is 2.16. The summed E-state index contributed by atoms with van der Waals surface area (Å²) in [6.45, 7) is 1.09. The first-order chi connectivity index (χ1) is 12.1. The van der Waals surface area contributed by atoms with Crippen LogP contribution in [0.1, 0.15) is 11.1 Å². The van der Waals surface area contributed by atoms with Gasteiger partial charge in [0.05, 0.1) is 6.54 Å². The van der Waals surface area contributed by atoms with Crippen LogP contribution in [0.3, 0.4) is 0 Å². The van der Waals surface area contributed by atoms with Crippen LogP contribution in [0.2, 0.25) is 5.02 Å². The molecule has 0 fully saturated rings. The van der Waals surface area contributed by atoms with E-state index in [2.05, 4.69) is 15.7 Å². The van der Waals surface area contributed by atoms with Gasteiger partial charge < -0.3 is 10.6 Å². The van der Waals surface area contributed by atoms with E-state index in [0.717, 1.165) is 11.1 Å². The fraction of sp³-hybridized carbons (Fsp3) is 0.111. The number of hydrogen-bond acceptors (Lipinski definition) is 2. The molecule has 4 nitrogen and oxygen atoms in total. The van der Waals surface area contributed by atoms with Crippen LogP contribution in [-0.4, -0.2) is 14.9 Å². The first-order valence-corrected chi connectivity index (χ1v) is 8.45. The third-order valence-corrected chi connectivity index (χ3v) is 4.15. The largest absolute Gasteiger partial charge is 0.358 e. The number of anilines is 1. The predicted octanol–water partition coefficient (Wildman–Crippen LogP) is 4.21. The molecule has 3 rings (SSSR count). The molecular weight excluding hydrogens is 359 g/mol. The Morgan fingerprint density at radius 3 is 2.64 bits per heavy atom. The van der Waals surface area contributed by atoms with Crippen molar-refractivity contribution in [3.8, 4) is 0 Å². The van der Waals surface area contributed by atoms with Gasteiger partial charge in [0, 0.05) is 23.8 Å². The van der Waals surface area contributed by atoms with Crippen LogP contribution >= 0.6 is 23.8 Å². The summed E-state index contributed by atoms with van der Waals surface area (Å²) in [7, 11) is 0. The maximum absolute atomic E-state index is 12.9. The first kappa shape index (κ1) is 17.4. The zero-order chi connectivity index (χ0) is 17.6. The van der Waals surface area contributed by atoms with Crippen molar-refractivity contribution >= 4 is 34.7 Å². The Kier molecular flexibility index (Phi) is 5.63. The zero-order valence-corrected chi connectivity index (χ0v) is 14.8. The highest BCUT2D eigenvalue weighted by molar-refractivity contribution is 7.80. The third-order valence-electron chi connectivity index (χ3n) is 3.54. The van der Waals surface area contributed by atoms with E-state index < -0.39 is 0 Å². The van der Waals surface area contributed by atoms with Crippen LogP contribution in [0.5, 0.6) is 0 Å². The summed E-state index contributed by atoms with van der Waals surface area (Å²) < 4.78 is 14.7. The summed E-state index contributed by atoms with van der Waals surface area (Å²) in [5.41, 5.74) is 1.94. The van der Waals surface area contributed by atoms with E-state index in [-0.39, 0.29) is 5.82 Å². The smallest absolute Gasteiger partial charge is 0.172 e. The molecule has 3 aromatic rings. The van der Waals surface area contributed by atoms with E-state index in [4.69, 9.17) is 23.8 Å². The van der Waals surface area contributed by atoms with Crippen LogP contribution < -0.4 is 10.6 Å². The van der Waals surface area contributed by atoms with Crippen LogP contribution in [0, 0.1) is 5.82 Å². The summed E-state index contributed by atoms with van der Waals surface area (Å²) >= 11 is 11.4. The van der Waals surface area contributed by atoms with Crippen molar-refractivity contribution in [3.63, 3.8) is 0 Å². The topological polar surface area (TPSA) is 41.9 Å². The molecule has 0 saturated heterocycles. The molecule has 1 heterocycles. The van der Waals surface area contributed by atoms with Gasteiger partial charge in [-0.3, -0.25) is 4.68 Å². The molecule has 2 aromatic carbocycles. The Labute approximate surface area is 155 Å². The number of nitrogens with zero attached hydrogens (tertiary/aromatic N) is 2. The molecule has 1 aromatic heterocycles. The van der Waals surface area contributed by atoms with Crippen molar-refractivity contribution in [1.29, 1.82) is 0 Å². The second-order valence-electron chi connectivity index (χ2n) is 5.42. The second-order valence-corrected chi connectivity index (χ2v) is 6.24. The van der Waals surface area contributed by atoms with Gasteiger partial charge in [-0.05, 0) is 41.5 Å². The number of hydrogen-bond donors (Lipinski definition) is 2. The number of thiocarbonyl (C=S) groups is 1. The van der Waals surface area contributed by atoms with Crippen molar-refractivity contribution < 1.29 is 4.39 Å². The molecule has 0 aliphatic carbocycles. The lowest BCUT2D eigenvalue weighted by atomic mass is 10.2. The normalized spacial score (nSPS) is 10.5.